The summed E-state index contributed by atoms with van der Waals surface area (Å²) >= 11 is 0. The summed E-state index contributed by atoms with van der Waals surface area (Å²) in [4.78, 5) is 26.2. The van der Waals surface area contributed by atoms with E-state index in [-0.39, 0.29) is 12.5 Å². The van der Waals surface area contributed by atoms with Crippen molar-refractivity contribution < 1.29 is 19.1 Å². The maximum Gasteiger partial charge on any atom is 0.338 e. The highest BCUT2D eigenvalue weighted by molar-refractivity contribution is 5.91. The first kappa shape index (κ1) is 18.0. The molecule has 5 nitrogen and oxygen atoms in total. The molecular weight excluding hydrogens is 330 g/mol. The molecule has 1 fully saturated rings. The van der Waals surface area contributed by atoms with Crippen LogP contribution in [0.3, 0.4) is 0 Å². The normalized spacial score (nSPS) is 16.8. The summed E-state index contributed by atoms with van der Waals surface area (Å²) in [7, 11) is 0. The number of carbonyl (C=O) groups is 2. The third kappa shape index (κ3) is 4.85. The van der Waals surface area contributed by atoms with Crippen LogP contribution in [0.5, 0.6) is 11.5 Å². The molecule has 0 unspecified atom stereocenters. The van der Waals surface area contributed by atoms with E-state index in [4.69, 9.17) is 9.47 Å². The topological polar surface area (TPSA) is 55.8 Å². The number of benzene rings is 2. The van der Waals surface area contributed by atoms with Crippen LogP contribution in [0, 0.1) is 5.92 Å². The smallest absolute Gasteiger partial charge is 0.338 e. The lowest BCUT2D eigenvalue weighted by Gasteiger charge is -2.30. The first-order valence-electron chi connectivity index (χ1n) is 8.89. The van der Waals surface area contributed by atoms with Crippen LogP contribution in [0.1, 0.15) is 30.1 Å². The van der Waals surface area contributed by atoms with E-state index in [9.17, 15) is 9.59 Å². The van der Waals surface area contributed by atoms with E-state index in [1.54, 1.807) is 29.2 Å². The van der Waals surface area contributed by atoms with Gasteiger partial charge in [0.05, 0.1) is 5.56 Å². The van der Waals surface area contributed by atoms with E-state index in [0.717, 1.165) is 25.9 Å². The third-order valence-corrected chi connectivity index (χ3v) is 4.39. The standard InChI is InChI=1S/C21H23NO4/c1-16-7-6-12-22(14-16)20(23)15-25-21(24)17-8-5-11-19(13-17)26-18-9-3-2-4-10-18/h2-5,8-11,13,16H,6-7,12,14-15H2,1H3/t16-/m1/s1. The minimum absolute atomic E-state index is 0.137. The van der Waals surface area contributed by atoms with Crippen LogP contribution in [-0.4, -0.2) is 36.5 Å². The molecule has 1 aliphatic heterocycles. The Morgan fingerprint density at radius 3 is 2.62 bits per heavy atom. The zero-order valence-corrected chi connectivity index (χ0v) is 14.9. The number of carbonyl (C=O) groups excluding carboxylic acids is 2. The van der Waals surface area contributed by atoms with Crippen LogP contribution in [0.25, 0.3) is 0 Å². The lowest BCUT2D eigenvalue weighted by atomic mass is 10.0. The van der Waals surface area contributed by atoms with E-state index < -0.39 is 5.97 Å². The second kappa shape index (κ2) is 8.52. The number of hydrogen-bond donors (Lipinski definition) is 0. The quantitative estimate of drug-likeness (QED) is 0.765. The van der Waals surface area contributed by atoms with Gasteiger partial charge in [-0.15, -0.1) is 0 Å². The highest BCUT2D eigenvalue weighted by Gasteiger charge is 2.22. The Labute approximate surface area is 153 Å². The van der Waals surface area contributed by atoms with Crippen molar-refractivity contribution in [2.45, 2.75) is 19.8 Å². The Kier molecular flexibility index (Phi) is 5.89. The molecule has 0 saturated carbocycles. The van der Waals surface area contributed by atoms with Gasteiger partial charge in [-0.1, -0.05) is 31.2 Å². The van der Waals surface area contributed by atoms with Crippen LogP contribution in [0.4, 0.5) is 0 Å². The summed E-state index contributed by atoms with van der Waals surface area (Å²) in [6, 6.07) is 16.1. The first-order chi connectivity index (χ1) is 12.6. The molecule has 2 aromatic carbocycles. The van der Waals surface area contributed by atoms with E-state index in [2.05, 4.69) is 6.92 Å². The van der Waals surface area contributed by atoms with Crippen LogP contribution in [0.2, 0.25) is 0 Å². The van der Waals surface area contributed by atoms with Gasteiger partial charge in [-0.3, -0.25) is 4.79 Å². The first-order valence-corrected chi connectivity index (χ1v) is 8.89. The van der Waals surface area contributed by atoms with Crippen molar-refractivity contribution in [3.05, 3.63) is 60.2 Å². The number of rotatable bonds is 5. The van der Waals surface area contributed by atoms with Crippen molar-refractivity contribution in [2.75, 3.05) is 19.7 Å². The number of nitrogens with zero attached hydrogens (tertiary/aromatic N) is 1. The molecule has 1 atom stereocenters. The second-order valence-corrected chi connectivity index (χ2v) is 6.61. The predicted octanol–water partition coefficient (Wildman–Crippen LogP) is 3.89. The number of piperidine rings is 1. The van der Waals surface area contributed by atoms with Crippen LogP contribution in [-0.2, 0) is 9.53 Å². The number of amides is 1. The van der Waals surface area contributed by atoms with Gasteiger partial charge in [0.15, 0.2) is 6.61 Å². The molecule has 5 heteroatoms. The lowest BCUT2D eigenvalue weighted by Crippen LogP contribution is -2.41. The number of ether oxygens (including phenoxy) is 2. The Morgan fingerprint density at radius 1 is 1.08 bits per heavy atom. The largest absolute Gasteiger partial charge is 0.457 e. The molecule has 2 aromatic rings. The average Bonchev–Trinajstić information content (AvgIpc) is 2.67. The number of hydrogen-bond acceptors (Lipinski definition) is 4. The fourth-order valence-corrected chi connectivity index (χ4v) is 3.03. The van der Waals surface area contributed by atoms with Gasteiger partial charge < -0.3 is 14.4 Å². The number of esters is 1. The molecule has 0 N–H and O–H groups in total. The molecule has 1 amide bonds. The van der Waals surface area contributed by atoms with Crippen molar-refractivity contribution in [1.82, 2.24) is 4.90 Å². The van der Waals surface area contributed by atoms with Crippen molar-refractivity contribution in [3.8, 4) is 11.5 Å². The van der Waals surface area contributed by atoms with Gasteiger partial charge in [-0.05, 0) is 49.1 Å². The molecule has 1 aliphatic rings. The molecule has 26 heavy (non-hydrogen) atoms. The Morgan fingerprint density at radius 2 is 1.85 bits per heavy atom. The van der Waals surface area contributed by atoms with Crippen molar-refractivity contribution in [2.24, 2.45) is 5.92 Å². The van der Waals surface area contributed by atoms with Crippen molar-refractivity contribution in [3.63, 3.8) is 0 Å². The zero-order valence-electron chi connectivity index (χ0n) is 14.9. The van der Waals surface area contributed by atoms with Crippen molar-refractivity contribution >= 4 is 11.9 Å². The predicted molar refractivity (Wildman–Crippen MR) is 98.2 cm³/mol. The molecule has 1 saturated heterocycles. The van der Waals surface area contributed by atoms with Crippen LogP contribution in [0.15, 0.2) is 54.6 Å². The van der Waals surface area contributed by atoms with Gasteiger partial charge in [-0.25, -0.2) is 4.79 Å². The Hall–Kier alpha value is -2.82. The van der Waals surface area contributed by atoms with Gasteiger partial charge in [0.1, 0.15) is 11.5 Å². The monoisotopic (exact) mass is 353 g/mol. The molecule has 0 aliphatic carbocycles. The zero-order chi connectivity index (χ0) is 18.4. The fourth-order valence-electron chi connectivity index (χ4n) is 3.03. The molecular formula is C21H23NO4. The summed E-state index contributed by atoms with van der Waals surface area (Å²) in [6.07, 6.45) is 2.14. The summed E-state index contributed by atoms with van der Waals surface area (Å²) < 4.78 is 10.9. The van der Waals surface area contributed by atoms with Gasteiger partial charge >= 0.3 is 5.97 Å². The maximum atomic E-state index is 12.3. The van der Waals surface area contributed by atoms with Gasteiger partial charge in [0.2, 0.25) is 0 Å². The number of para-hydroxylation sites is 1. The highest BCUT2D eigenvalue weighted by Crippen LogP contribution is 2.22. The molecule has 0 bridgehead atoms. The summed E-state index contributed by atoms with van der Waals surface area (Å²) in [6.45, 7) is 3.37. The Bertz CT molecular complexity index is 760. The Balaban J connectivity index is 1.56. The average molecular weight is 353 g/mol. The minimum atomic E-state index is -0.526. The summed E-state index contributed by atoms with van der Waals surface area (Å²) in [5.41, 5.74) is 0.359. The van der Waals surface area contributed by atoms with E-state index in [1.165, 1.54) is 0 Å². The fraction of sp³-hybridized carbons (Fsp3) is 0.333. The molecule has 1 heterocycles. The van der Waals surface area contributed by atoms with Crippen molar-refractivity contribution in [1.29, 1.82) is 0 Å². The molecule has 0 radical (unpaired) electrons. The van der Waals surface area contributed by atoms with E-state index in [0.29, 0.717) is 23.0 Å². The number of likely N-dealkylation sites (tertiary alicyclic amines) is 1. The van der Waals surface area contributed by atoms with Gasteiger partial charge in [-0.2, -0.15) is 0 Å². The van der Waals surface area contributed by atoms with E-state index >= 15 is 0 Å². The highest BCUT2D eigenvalue weighted by atomic mass is 16.5. The van der Waals surface area contributed by atoms with Gasteiger partial charge in [0.25, 0.3) is 5.91 Å². The second-order valence-electron chi connectivity index (χ2n) is 6.61. The van der Waals surface area contributed by atoms with Crippen LogP contribution >= 0.6 is 0 Å². The van der Waals surface area contributed by atoms with Crippen LogP contribution < -0.4 is 4.74 Å². The maximum absolute atomic E-state index is 12.3. The van der Waals surface area contributed by atoms with Gasteiger partial charge in [0, 0.05) is 13.1 Å². The molecule has 136 valence electrons. The minimum Gasteiger partial charge on any atom is -0.457 e. The molecule has 3 rings (SSSR count). The lowest BCUT2D eigenvalue weighted by molar-refractivity contribution is -0.136. The summed E-state index contributed by atoms with van der Waals surface area (Å²) in [5.74, 6) is 1.06. The third-order valence-electron chi connectivity index (χ3n) is 4.39. The molecule has 0 aromatic heterocycles. The van der Waals surface area contributed by atoms with E-state index in [1.807, 2.05) is 30.3 Å². The molecule has 0 spiro atoms. The SMILES string of the molecule is C[C@@H]1CCCN(C(=O)COC(=O)c2cccc(Oc3ccccc3)c2)C1. The summed E-state index contributed by atoms with van der Waals surface area (Å²) in [5, 5.41) is 0.